The van der Waals surface area contributed by atoms with Crippen LogP contribution in [0.1, 0.15) is 78.6 Å². The van der Waals surface area contributed by atoms with E-state index >= 15 is 0 Å². The van der Waals surface area contributed by atoms with Crippen molar-refractivity contribution < 1.29 is 5.11 Å². The Labute approximate surface area is 115 Å². The van der Waals surface area contributed by atoms with E-state index in [9.17, 15) is 0 Å². The van der Waals surface area contributed by atoms with Crippen molar-refractivity contribution in [3.8, 4) is 0 Å². The topological polar surface area (TPSA) is 32.3 Å². The summed E-state index contributed by atoms with van der Waals surface area (Å²) in [7, 11) is 0. The second-order valence-electron chi connectivity index (χ2n) is 5.40. The number of aliphatic hydroxyl groups excluding tert-OH is 1. The first kappa shape index (κ1) is 17.9. The van der Waals surface area contributed by atoms with Crippen LogP contribution in [0.4, 0.5) is 0 Å². The summed E-state index contributed by atoms with van der Waals surface area (Å²) < 4.78 is 0. The molecule has 2 heteroatoms. The zero-order chi connectivity index (χ0) is 13.6. The van der Waals surface area contributed by atoms with Gasteiger partial charge < -0.3 is 10.4 Å². The standard InChI is InChI=1S/C12H25N.C4H10O/c1-3-11-9-7-5-6-8-10-12(11)13-4-2;1-2-3-4-5/h11-13H,3-10H2,1-2H3;5H,2-4H2,1H3. The van der Waals surface area contributed by atoms with E-state index in [0.717, 1.165) is 31.3 Å². The maximum atomic E-state index is 8.07. The average Bonchev–Trinajstić information content (AvgIpc) is 2.35. The second-order valence-corrected chi connectivity index (χ2v) is 5.40. The van der Waals surface area contributed by atoms with Gasteiger partial charge >= 0.3 is 0 Å². The molecule has 0 radical (unpaired) electrons. The first-order valence-corrected chi connectivity index (χ1v) is 8.14. The lowest BCUT2D eigenvalue weighted by Gasteiger charge is -2.29. The molecule has 1 aliphatic carbocycles. The molecule has 0 bridgehead atoms. The van der Waals surface area contributed by atoms with Crippen LogP contribution in [-0.4, -0.2) is 24.3 Å². The number of hydrogen-bond donors (Lipinski definition) is 2. The minimum atomic E-state index is 0.344. The van der Waals surface area contributed by atoms with E-state index in [4.69, 9.17) is 5.11 Å². The lowest BCUT2D eigenvalue weighted by molar-refractivity contribution is 0.281. The van der Waals surface area contributed by atoms with Crippen LogP contribution in [0.15, 0.2) is 0 Å². The molecule has 1 saturated carbocycles. The Morgan fingerprint density at radius 3 is 2.11 bits per heavy atom. The third-order valence-electron chi connectivity index (χ3n) is 3.91. The monoisotopic (exact) mass is 257 g/mol. The Kier molecular flexibility index (Phi) is 13.3. The fraction of sp³-hybridized carbons (Fsp3) is 1.00. The van der Waals surface area contributed by atoms with Crippen molar-refractivity contribution >= 4 is 0 Å². The van der Waals surface area contributed by atoms with Crippen LogP contribution in [0.2, 0.25) is 0 Å². The summed E-state index contributed by atoms with van der Waals surface area (Å²) in [6, 6.07) is 0.815. The minimum Gasteiger partial charge on any atom is -0.396 e. The van der Waals surface area contributed by atoms with Crippen molar-refractivity contribution in [2.24, 2.45) is 5.92 Å². The van der Waals surface area contributed by atoms with Crippen molar-refractivity contribution in [3.63, 3.8) is 0 Å². The predicted molar refractivity (Wildman–Crippen MR) is 80.9 cm³/mol. The normalized spacial score (nSPS) is 24.7. The number of nitrogens with one attached hydrogen (secondary N) is 1. The molecule has 18 heavy (non-hydrogen) atoms. The molecule has 0 spiro atoms. The first-order valence-electron chi connectivity index (χ1n) is 8.14. The minimum absolute atomic E-state index is 0.344. The zero-order valence-electron chi connectivity index (χ0n) is 12.9. The molecular weight excluding hydrogens is 222 g/mol. The molecule has 0 aromatic heterocycles. The van der Waals surface area contributed by atoms with Crippen LogP contribution in [-0.2, 0) is 0 Å². The van der Waals surface area contributed by atoms with Gasteiger partial charge in [0.15, 0.2) is 0 Å². The summed E-state index contributed by atoms with van der Waals surface area (Å²) in [6.07, 6.45) is 12.1. The Hall–Kier alpha value is -0.0800. The van der Waals surface area contributed by atoms with Crippen LogP contribution in [0, 0.1) is 5.92 Å². The van der Waals surface area contributed by atoms with Crippen LogP contribution < -0.4 is 5.32 Å². The lowest BCUT2D eigenvalue weighted by Crippen LogP contribution is -2.36. The van der Waals surface area contributed by atoms with E-state index < -0.39 is 0 Å². The summed E-state index contributed by atoms with van der Waals surface area (Å²) in [4.78, 5) is 0. The van der Waals surface area contributed by atoms with Crippen LogP contribution in [0.5, 0.6) is 0 Å². The van der Waals surface area contributed by atoms with Gasteiger partial charge in [0.25, 0.3) is 0 Å². The SMILES string of the molecule is CCCCO.CCNC1CCCCCCC1CC. The molecule has 2 atom stereocenters. The molecule has 0 aliphatic heterocycles. The maximum absolute atomic E-state index is 8.07. The highest BCUT2D eigenvalue weighted by Crippen LogP contribution is 2.24. The van der Waals surface area contributed by atoms with E-state index in [2.05, 4.69) is 26.1 Å². The van der Waals surface area contributed by atoms with E-state index in [1.165, 1.54) is 44.9 Å². The van der Waals surface area contributed by atoms with Gasteiger partial charge in [0, 0.05) is 12.6 Å². The molecule has 0 aromatic rings. The predicted octanol–water partition coefficient (Wildman–Crippen LogP) is 4.12. The molecule has 110 valence electrons. The smallest absolute Gasteiger partial charge is 0.0430 e. The molecule has 2 nitrogen and oxygen atoms in total. The van der Waals surface area contributed by atoms with Gasteiger partial charge in [-0.1, -0.05) is 59.3 Å². The molecule has 0 amide bonds. The van der Waals surface area contributed by atoms with Crippen molar-refractivity contribution in [1.82, 2.24) is 5.32 Å². The van der Waals surface area contributed by atoms with Gasteiger partial charge in [0.2, 0.25) is 0 Å². The first-order chi connectivity index (χ1) is 8.79. The fourth-order valence-electron chi connectivity index (χ4n) is 2.74. The van der Waals surface area contributed by atoms with Crippen molar-refractivity contribution in [3.05, 3.63) is 0 Å². The number of aliphatic hydroxyl groups is 1. The van der Waals surface area contributed by atoms with Crippen molar-refractivity contribution in [1.29, 1.82) is 0 Å². The van der Waals surface area contributed by atoms with Crippen molar-refractivity contribution in [2.75, 3.05) is 13.2 Å². The highest BCUT2D eigenvalue weighted by molar-refractivity contribution is 4.77. The maximum Gasteiger partial charge on any atom is 0.0430 e. The summed E-state index contributed by atoms with van der Waals surface area (Å²) in [5.41, 5.74) is 0. The summed E-state index contributed by atoms with van der Waals surface area (Å²) >= 11 is 0. The number of unbranched alkanes of at least 4 members (excludes halogenated alkanes) is 1. The molecule has 0 saturated heterocycles. The van der Waals surface area contributed by atoms with Gasteiger partial charge in [-0.3, -0.25) is 0 Å². The summed E-state index contributed by atoms with van der Waals surface area (Å²) in [6.45, 7) is 8.11. The Morgan fingerprint density at radius 2 is 1.67 bits per heavy atom. The van der Waals surface area contributed by atoms with E-state index in [0.29, 0.717) is 6.61 Å². The van der Waals surface area contributed by atoms with Gasteiger partial charge in [0.05, 0.1) is 0 Å². The average molecular weight is 257 g/mol. The van der Waals surface area contributed by atoms with Gasteiger partial charge in [-0.15, -0.1) is 0 Å². The highest BCUT2D eigenvalue weighted by atomic mass is 16.2. The Balaban J connectivity index is 0.000000494. The molecule has 1 aliphatic rings. The third kappa shape index (κ3) is 8.93. The third-order valence-corrected chi connectivity index (χ3v) is 3.91. The van der Waals surface area contributed by atoms with Crippen LogP contribution in [0.3, 0.4) is 0 Å². The van der Waals surface area contributed by atoms with Gasteiger partial charge in [-0.05, 0) is 31.7 Å². The van der Waals surface area contributed by atoms with Gasteiger partial charge in [0.1, 0.15) is 0 Å². The molecule has 1 fully saturated rings. The van der Waals surface area contributed by atoms with Crippen LogP contribution >= 0.6 is 0 Å². The number of hydrogen-bond acceptors (Lipinski definition) is 2. The highest BCUT2D eigenvalue weighted by Gasteiger charge is 2.19. The largest absolute Gasteiger partial charge is 0.396 e. The van der Waals surface area contributed by atoms with Crippen LogP contribution in [0.25, 0.3) is 0 Å². The van der Waals surface area contributed by atoms with E-state index in [1.807, 2.05) is 0 Å². The van der Waals surface area contributed by atoms with Crippen molar-refractivity contribution in [2.45, 2.75) is 84.6 Å². The molecule has 1 rings (SSSR count). The molecule has 2 unspecified atom stereocenters. The summed E-state index contributed by atoms with van der Waals surface area (Å²) in [5.74, 6) is 0.945. The van der Waals surface area contributed by atoms with E-state index in [-0.39, 0.29) is 0 Å². The number of rotatable bonds is 5. The van der Waals surface area contributed by atoms with Gasteiger partial charge in [-0.25, -0.2) is 0 Å². The second kappa shape index (κ2) is 13.4. The Bertz CT molecular complexity index is 159. The quantitative estimate of drug-likeness (QED) is 0.776. The molecular formula is C16H35NO. The van der Waals surface area contributed by atoms with E-state index in [1.54, 1.807) is 0 Å². The lowest BCUT2D eigenvalue weighted by atomic mass is 9.85. The Morgan fingerprint density at radius 1 is 1.00 bits per heavy atom. The molecule has 0 heterocycles. The summed E-state index contributed by atoms with van der Waals surface area (Å²) in [5, 5.41) is 11.7. The molecule has 2 N–H and O–H groups in total. The van der Waals surface area contributed by atoms with Gasteiger partial charge in [-0.2, -0.15) is 0 Å². The zero-order valence-corrected chi connectivity index (χ0v) is 12.9. The fourth-order valence-corrected chi connectivity index (χ4v) is 2.74. The molecule has 0 aromatic carbocycles.